The van der Waals surface area contributed by atoms with E-state index in [9.17, 15) is 4.39 Å². The molecular formula is C17H14FNO3. The van der Waals surface area contributed by atoms with Crippen LogP contribution in [0.2, 0.25) is 0 Å². The lowest BCUT2D eigenvalue weighted by Crippen LogP contribution is -1.95. The van der Waals surface area contributed by atoms with E-state index in [0.717, 1.165) is 11.3 Å². The molecule has 0 saturated heterocycles. The second-order valence-corrected chi connectivity index (χ2v) is 4.62. The zero-order chi connectivity index (χ0) is 15.4. The molecule has 0 bridgehead atoms. The van der Waals surface area contributed by atoms with Crippen LogP contribution < -0.4 is 9.47 Å². The fourth-order valence-electron chi connectivity index (χ4n) is 1.93. The molecule has 5 heteroatoms. The second-order valence-electron chi connectivity index (χ2n) is 4.62. The van der Waals surface area contributed by atoms with Gasteiger partial charge in [-0.05, 0) is 48.5 Å². The van der Waals surface area contributed by atoms with Crippen LogP contribution >= 0.6 is 0 Å². The van der Waals surface area contributed by atoms with E-state index in [0.29, 0.717) is 17.3 Å². The number of methoxy groups -OCH3 is 1. The van der Waals surface area contributed by atoms with Crippen molar-refractivity contribution in [2.75, 3.05) is 7.11 Å². The monoisotopic (exact) mass is 299 g/mol. The Morgan fingerprint density at radius 3 is 2.36 bits per heavy atom. The molecule has 22 heavy (non-hydrogen) atoms. The summed E-state index contributed by atoms with van der Waals surface area (Å²) in [7, 11) is 1.62. The molecule has 4 nitrogen and oxygen atoms in total. The van der Waals surface area contributed by atoms with Crippen molar-refractivity contribution in [2.24, 2.45) is 0 Å². The van der Waals surface area contributed by atoms with Crippen LogP contribution in [-0.2, 0) is 6.61 Å². The van der Waals surface area contributed by atoms with Gasteiger partial charge in [-0.3, -0.25) is 0 Å². The number of ether oxygens (including phenoxy) is 2. The summed E-state index contributed by atoms with van der Waals surface area (Å²) in [5.41, 5.74) is 1.52. The largest absolute Gasteiger partial charge is 0.497 e. The number of halogens is 1. The maximum atomic E-state index is 12.8. The number of hydrogen-bond donors (Lipinski definition) is 0. The molecule has 0 aliphatic carbocycles. The quantitative estimate of drug-likeness (QED) is 0.712. The molecule has 112 valence electrons. The van der Waals surface area contributed by atoms with Crippen LogP contribution in [0.5, 0.6) is 11.5 Å². The maximum Gasteiger partial charge on any atom is 0.226 e. The van der Waals surface area contributed by atoms with Gasteiger partial charge < -0.3 is 13.9 Å². The molecule has 0 fully saturated rings. The third kappa shape index (κ3) is 3.25. The molecule has 0 aliphatic heterocycles. The highest BCUT2D eigenvalue weighted by atomic mass is 19.1. The van der Waals surface area contributed by atoms with Crippen LogP contribution in [0.15, 0.2) is 59.2 Å². The van der Waals surface area contributed by atoms with E-state index in [1.807, 2.05) is 24.3 Å². The Bertz CT molecular complexity index is 735. The molecule has 3 rings (SSSR count). The first-order valence-corrected chi connectivity index (χ1v) is 6.72. The Morgan fingerprint density at radius 1 is 1.00 bits per heavy atom. The fraction of sp³-hybridized carbons (Fsp3) is 0.118. The summed E-state index contributed by atoms with van der Waals surface area (Å²) in [4.78, 5) is 4.36. The van der Waals surface area contributed by atoms with E-state index < -0.39 is 0 Å². The van der Waals surface area contributed by atoms with Gasteiger partial charge in [-0.15, -0.1) is 0 Å². The minimum atomic E-state index is -0.296. The Morgan fingerprint density at radius 2 is 1.68 bits per heavy atom. The summed E-state index contributed by atoms with van der Waals surface area (Å²) in [6.45, 7) is 0.255. The van der Waals surface area contributed by atoms with Gasteiger partial charge in [0.05, 0.1) is 7.11 Å². The molecule has 2 aromatic carbocycles. The summed E-state index contributed by atoms with van der Waals surface area (Å²) in [6, 6.07) is 13.3. The van der Waals surface area contributed by atoms with Crippen molar-refractivity contribution in [2.45, 2.75) is 6.61 Å². The van der Waals surface area contributed by atoms with Gasteiger partial charge in [0, 0.05) is 5.56 Å². The van der Waals surface area contributed by atoms with E-state index >= 15 is 0 Å². The predicted octanol–water partition coefficient (Wildman–Crippen LogP) is 4.07. The van der Waals surface area contributed by atoms with Crippen LogP contribution in [0.4, 0.5) is 4.39 Å². The molecule has 0 saturated carbocycles. The lowest BCUT2D eigenvalue weighted by molar-refractivity contribution is 0.300. The normalized spacial score (nSPS) is 10.5. The first-order valence-electron chi connectivity index (χ1n) is 6.72. The van der Waals surface area contributed by atoms with Crippen LogP contribution in [0, 0.1) is 5.82 Å². The number of hydrogen-bond acceptors (Lipinski definition) is 4. The summed E-state index contributed by atoms with van der Waals surface area (Å²) in [5, 5.41) is 0. The van der Waals surface area contributed by atoms with Gasteiger partial charge in [0.25, 0.3) is 0 Å². The van der Waals surface area contributed by atoms with Crippen LogP contribution in [0.1, 0.15) is 5.69 Å². The van der Waals surface area contributed by atoms with Crippen LogP contribution in [0.25, 0.3) is 11.5 Å². The Balaban J connectivity index is 1.66. The van der Waals surface area contributed by atoms with Crippen molar-refractivity contribution >= 4 is 0 Å². The SMILES string of the molecule is COc1ccc(-c2nc(COc3ccc(F)cc3)co2)cc1. The summed E-state index contributed by atoms with van der Waals surface area (Å²) >= 11 is 0. The summed E-state index contributed by atoms with van der Waals surface area (Å²) in [5.74, 6) is 1.57. The van der Waals surface area contributed by atoms with Gasteiger partial charge in [0.1, 0.15) is 35.9 Å². The zero-order valence-corrected chi connectivity index (χ0v) is 12.0. The van der Waals surface area contributed by atoms with Crippen LogP contribution in [0.3, 0.4) is 0 Å². The maximum absolute atomic E-state index is 12.8. The molecule has 0 unspecified atom stereocenters. The molecule has 1 aromatic heterocycles. The minimum Gasteiger partial charge on any atom is -0.497 e. The van der Waals surface area contributed by atoms with Crippen molar-refractivity contribution in [1.82, 2.24) is 4.98 Å². The number of nitrogens with zero attached hydrogens (tertiary/aromatic N) is 1. The first kappa shape index (κ1) is 14.1. The fourth-order valence-corrected chi connectivity index (χ4v) is 1.93. The Labute approximate surface area is 127 Å². The number of oxazole rings is 1. The van der Waals surface area contributed by atoms with Gasteiger partial charge in [-0.25, -0.2) is 9.37 Å². The van der Waals surface area contributed by atoms with E-state index in [4.69, 9.17) is 13.9 Å². The van der Waals surface area contributed by atoms with Crippen LogP contribution in [-0.4, -0.2) is 12.1 Å². The lowest BCUT2D eigenvalue weighted by Gasteiger charge is -2.02. The number of aromatic nitrogens is 1. The third-order valence-corrected chi connectivity index (χ3v) is 3.09. The van der Waals surface area contributed by atoms with Crippen molar-refractivity contribution < 1.29 is 18.3 Å². The molecule has 0 aliphatic rings. The van der Waals surface area contributed by atoms with Crippen molar-refractivity contribution in [1.29, 1.82) is 0 Å². The summed E-state index contributed by atoms with van der Waals surface area (Å²) < 4.78 is 28.9. The molecule has 0 radical (unpaired) electrons. The smallest absolute Gasteiger partial charge is 0.226 e. The molecule has 0 spiro atoms. The highest BCUT2D eigenvalue weighted by Crippen LogP contribution is 2.22. The van der Waals surface area contributed by atoms with E-state index in [2.05, 4.69) is 4.98 Å². The zero-order valence-electron chi connectivity index (χ0n) is 12.0. The molecular weight excluding hydrogens is 285 g/mol. The van der Waals surface area contributed by atoms with E-state index in [1.165, 1.54) is 12.1 Å². The number of rotatable bonds is 5. The minimum absolute atomic E-state index is 0.255. The topological polar surface area (TPSA) is 44.5 Å². The van der Waals surface area contributed by atoms with Gasteiger partial charge in [0.15, 0.2) is 0 Å². The highest BCUT2D eigenvalue weighted by Gasteiger charge is 2.07. The third-order valence-electron chi connectivity index (χ3n) is 3.09. The predicted molar refractivity (Wildman–Crippen MR) is 79.2 cm³/mol. The number of benzene rings is 2. The first-order chi connectivity index (χ1) is 10.7. The Hall–Kier alpha value is -2.82. The lowest BCUT2D eigenvalue weighted by atomic mass is 10.2. The molecule has 3 aromatic rings. The van der Waals surface area contributed by atoms with Gasteiger partial charge in [-0.1, -0.05) is 0 Å². The van der Waals surface area contributed by atoms with Gasteiger partial charge in [-0.2, -0.15) is 0 Å². The Kier molecular flexibility index (Phi) is 4.05. The highest BCUT2D eigenvalue weighted by molar-refractivity contribution is 5.54. The average Bonchev–Trinajstić information content (AvgIpc) is 3.03. The molecule has 0 N–H and O–H groups in total. The second kappa shape index (κ2) is 6.30. The van der Waals surface area contributed by atoms with Gasteiger partial charge in [0.2, 0.25) is 5.89 Å². The average molecular weight is 299 g/mol. The molecule has 1 heterocycles. The van der Waals surface area contributed by atoms with Gasteiger partial charge >= 0.3 is 0 Å². The molecule has 0 atom stereocenters. The van der Waals surface area contributed by atoms with E-state index in [1.54, 1.807) is 25.5 Å². The van der Waals surface area contributed by atoms with Crippen molar-refractivity contribution in [3.8, 4) is 23.0 Å². The van der Waals surface area contributed by atoms with E-state index in [-0.39, 0.29) is 12.4 Å². The van der Waals surface area contributed by atoms with Crippen molar-refractivity contribution in [3.63, 3.8) is 0 Å². The summed E-state index contributed by atoms with van der Waals surface area (Å²) in [6.07, 6.45) is 1.54. The van der Waals surface area contributed by atoms with Crippen molar-refractivity contribution in [3.05, 3.63) is 66.3 Å². The standard InChI is InChI=1S/C17H14FNO3/c1-20-15-6-2-12(3-7-15)17-19-14(11-22-17)10-21-16-8-4-13(18)5-9-16/h2-9,11H,10H2,1H3. The molecule has 0 amide bonds.